The summed E-state index contributed by atoms with van der Waals surface area (Å²) >= 11 is 9.73. The molecule has 26 heavy (non-hydrogen) atoms. The van der Waals surface area contributed by atoms with Crippen molar-refractivity contribution in [1.82, 2.24) is 4.31 Å². The van der Waals surface area contributed by atoms with Gasteiger partial charge in [0.15, 0.2) is 0 Å². The monoisotopic (exact) mass is 455 g/mol. The van der Waals surface area contributed by atoms with Gasteiger partial charge in [0.1, 0.15) is 0 Å². The Labute approximate surface area is 169 Å². The van der Waals surface area contributed by atoms with E-state index in [0.717, 1.165) is 24.0 Å². The largest absolute Gasteiger partial charge is 0.243 e. The fraction of sp³-hybridized carbons (Fsp3) is 0.400. The quantitative estimate of drug-likeness (QED) is 0.596. The Balaban J connectivity index is 2.25. The van der Waals surface area contributed by atoms with Gasteiger partial charge in [-0.2, -0.15) is 4.31 Å². The standard InChI is InChI=1S/C20H23BrClNO2S/c1-13(2)9-15-10-16(14-7-5-4-6-8-14)17-11-19(22)18(21)12-20(17)26(24,25)23(15)3/h4-8,11-13,15-16H,9-10H2,1-3H3/t15-,16?/m1/s1. The van der Waals surface area contributed by atoms with E-state index in [1.54, 1.807) is 17.4 Å². The normalized spacial score (nSPS) is 22.8. The van der Waals surface area contributed by atoms with Crippen molar-refractivity contribution in [3.05, 3.63) is 63.1 Å². The van der Waals surface area contributed by atoms with E-state index in [1.165, 1.54) is 0 Å². The number of benzene rings is 2. The first-order valence-electron chi connectivity index (χ1n) is 8.73. The molecular weight excluding hydrogens is 434 g/mol. The maximum atomic E-state index is 13.3. The molecule has 0 radical (unpaired) electrons. The van der Waals surface area contributed by atoms with Gasteiger partial charge in [0.2, 0.25) is 10.0 Å². The van der Waals surface area contributed by atoms with Crippen LogP contribution in [-0.4, -0.2) is 25.8 Å². The lowest BCUT2D eigenvalue weighted by molar-refractivity contribution is 0.299. The smallest absolute Gasteiger partial charge is 0.207 e. The highest BCUT2D eigenvalue weighted by atomic mass is 79.9. The molecule has 3 nitrogen and oxygen atoms in total. The molecule has 1 unspecified atom stereocenters. The lowest BCUT2D eigenvalue weighted by atomic mass is 9.84. The SMILES string of the molecule is CC(C)C[C@@H]1CC(c2ccccc2)c2cc(Cl)c(Br)cc2S(=O)(=O)N1C. The molecule has 3 rings (SSSR count). The average molecular weight is 457 g/mol. The maximum absolute atomic E-state index is 13.3. The van der Waals surface area contributed by atoms with E-state index < -0.39 is 10.0 Å². The van der Waals surface area contributed by atoms with Crippen molar-refractivity contribution in [1.29, 1.82) is 0 Å². The third kappa shape index (κ3) is 3.72. The van der Waals surface area contributed by atoms with E-state index in [-0.39, 0.29) is 12.0 Å². The number of nitrogens with zero attached hydrogens (tertiary/aromatic N) is 1. The average Bonchev–Trinajstić information content (AvgIpc) is 2.66. The van der Waals surface area contributed by atoms with E-state index in [2.05, 4.69) is 41.9 Å². The maximum Gasteiger partial charge on any atom is 0.243 e. The summed E-state index contributed by atoms with van der Waals surface area (Å²) < 4.78 is 28.8. The molecule has 2 aromatic rings. The Bertz CT molecular complexity index is 900. The molecule has 2 atom stereocenters. The summed E-state index contributed by atoms with van der Waals surface area (Å²) in [5, 5.41) is 0.532. The van der Waals surface area contributed by atoms with E-state index in [9.17, 15) is 8.42 Å². The molecule has 0 fully saturated rings. The van der Waals surface area contributed by atoms with Crippen LogP contribution in [0.4, 0.5) is 0 Å². The molecule has 0 spiro atoms. The summed E-state index contributed by atoms with van der Waals surface area (Å²) in [7, 11) is -1.89. The summed E-state index contributed by atoms with van der Waals surface area (Å²) in [6, 6.07) is 13.5. The van der Waals surface area contributed by atoms with Crippen molar-refractivity contribution in [2.75, 3.05) is 7.05 Å². The second kappa shape index (κ2) is 7.63. The third-order valence-corrected chi connectivity index (χ3v) is 8.22. The third-order valence-electron chi connectivity index (χ3n) is 5.05. The van der Waals surface area contributed by atoms with Gasteiger partial charge in [-0.1, -0.05) is 55.8 Å². The van der Waals surface area contributed by atoms with Crippen molar-refractivity contribution in [2.45, 2.75) is 43.5 Å². The van der Waals surface area contributed by atoms with Gasteiger partial charge in [0.05, 0.1) is 9.92 Å². The number of fused-ring (bicyclic) bond motifs is 1. The van der Waals surface area contributed by atoms with E-state index in [1.807, 2.05) is 24.3 Å². The number of rotatable bonds is 3. The van der Waals surface area contributed by atoms with E-state index >= 15 is 0 Å². The summed E-state index contributed by atoms with van der Waals surface area (Å²) in [4.78, 5) is 0.344. The van der Waals surface area contributed by atoms with Crippen LogP contribution in [0.15, 0.2) is 51.8 Å². The highest BCUT2D eigenvalue weighted by molar-refractivity contribution is 9.10. The van der Waals surface area contributed by atoms with Crippen LogP contribution in [0.2, 0.25) is 5.02 Å². The lowest BCUT2D eigenvalue weighted by Crippen LogP contribution is -2.37. The number of hydrogen-bond donors (Lipinski definition) is 0. The fourth-order valence-corrected chi connectivity index (χ4v) is 6.04. The highest BCUT2D eigenvalue weighted by Gasteiger charge is 2.38. The van der Waals surface area contributed by atoms with Crippen LogP contribution in [0.3, 0.4) is 0 Å². The van der Waals surface area contributed by atoms with Crippen molar-refractivity contribution < 1.29 is 8.42 Å². The van der Waals surface area contributed by atoms with Gasteiger partial charge in [-0.05, 0) is 57.9 Å². The first-order valence-corrected chi connectivity index (χ1v) is 11.3. The van der Waals surface area contributed by atoms with E-state index in [4.69, 9.17) is 11.6 Å². The van der Waals surface area contributed by atoms with Crippen LogP contribution in [-0.2, 0) is 10.0 Å². The van der Waals surface area contributed by atoms with Crippen molar-refractivity contribution in [2.24, 2.45) is 5.92 Å². The molecule has 1 aliphatic heterocycles. The molecule has 0 bridgehead atoms. The molecule has 0 aliphatic carbocycles. The first kappa shape index (κ1) is 19.9. The van der Waals surface area contributed by atoms with Crippen LogP contribution < -0.4 is 0 Å². The van der Waals surface area contributed by atoms with Crippen molar-refractivity contribution in [3.63, 3.8) is 0 Å². The zero-order valence-corrected chi connectivity index (χ0v) is 18.3. The van der Waals surface area contributed by atoms with Gasteiger partial charge >= 0.3 is 0 Å². The molecule has 0 amide bonds. The second-order valence-electron chi connectivity index (χ2n) is 7.31. The Morgan fingerprint density at radius 1 is 1.23 bits per heavy atom. The first-order chi connectivity index (χ1) is 12.2. The summed E-state index contributed by atoms with van der Waals surface area (Å²) in [5.41, 5.74) is 1.90. The van der Waals surface area contributed by atoms with E-state index in [0.29, 0.717) is 20.3 Å². The second-order valence-corrected chi connectivity index (χ2v) is 10.5. The highest BCUT2D eigenvalue weighted by Crippen LogP contribution is 2.43. The lowest BCUT2D eigenvalue weighted by Gasteiger charge is -2.28. The minimum Gasteiger partial charge on any atom is -0.207 e. The molecule has 6 heteroatoms. The predicted molar refractivity (Wildman–Crippen MR) is 110 cm³/mol. The Kier molecular flexibility index (Phi) is 5.83. The van der Waals surface area contributed by atoms with Gasteiger partial charge in [-0.25, -0.2) is 8.42 Å². The zero-order chi connectivity index (χ0) is 19.1. The van der Waals surface area contributed by atoms with Gasteiger partial charge in [0, 0.05) is 23.5 Å². The van der Waals surface area contributed by atoms with Crippen LogP contribution in [0, 0.1) is 5.92 Å². The number of halogens is 2. The molecule has 0 N–H and O–H groups in total. The molecule has 0 aromatic heterocycles. The molecule has 140 valence electrons. The molecule has 1 heterocycles. The van der Waals surface area contributed by atoms with Crippen LogP contribution in [0.1, 0.15) is 43.7 Å². The Morgan fingerprint density at radius 3 is 2.50 bits per heavy atom. The molecule has 0 saturated carbocycles. The van der Waals surface area contributed by atoms with Gasteiger partial charge in [-0.3, -0.25) is 0 Å². The molecular formula is C20H23BrClNO2S. The zero-order valence-electron chi connectivity index (χ0n) is 15.1. The van der Waals surface area contributed by atoms with Crippen molar-refractivity contribution in [3.8, 4) is 0 Å². The number of hydrogen-bond acceptors (Lipinski definition) is 2. The summed E-state index contributed by atoms with van der Waals surface area (Å²) in [6.45, 7) is 4.26. The van der Waals surface area contributed by atoms with Crippen LogP contribution in [0.25, 0.3) is 0 Å². The minimum absolute atomic E-state index is 0.0136. The fourth-order valence-electron chi connectivity index (χ4n) is 3.73. The van der Waals surface area contributed by atoms with Crippen LogP contribution >= 0.6 is 27.5 Å². The molecule has 0 saturated heterocycles. The van der Waals surface area contributed by atoms with Gasteiger partial charge in [-0.15, -0.1) is 0 Å². The Hall–Kier alpha value is -0.880. The predicted octanol–water partition coefficient (Wildman–Crippen LogP) is 5.67. The summed E-state index contributed by atoms with van der Waals surface area (Å²) in [6.07, 6.45) is 1.56. The van der Waals surface area contributed by atoms with Gasteiger partial charge in [0.25, 0.3) is 0 Å². The van der Waals surface area contributed by atoms with Gasteiger partial charge < -0.3 is 0 Å². The molecule has 1 aliphatic rings. The molecule has 2 aromatic carbocycles. The van der Waals surface area contributed by atoms with Crippen LogP contribution in [0.5, 0.6) is 0 Å². The number of sulfonamides is 1. The Morgan fingerprint density at radius 2 is 1.88 bits per heavy atom. The van der Waals surface area contributed by atoms with Crippen molar-refractivity contribution >= 4 is 37.6 Å². The minimum atomic E-state index is -3.59. The summed E-state index contributed by atoms with van der Waals surface area (Å²) in [5.74, 6) is 0.394. The topological polar surface area (TPSA) is 37.4 Å².